The average molecular weight is 256 g/mol. The summed E-state index contributed by atoms with van der Waals surface area (Å²) < 4.78 is 0. The molecular weight excluding hydrogens is 240 g/mol. The molecule has 0 aliphatic heterocycles. The number of carbonyl (C=O) groups is 1. The van der Waals surface area contributed by atoms with Gasteiger partial charge in [-0.15, -0.1) is 0 Å². The highest BCUT2D eigenvalue weighted by Gasteiger charge is 2.09. The fourth-order valence-corrected chi connectivity index (χ4v) is 1.80. The summed E-state index contributed by atoms with van der Waals surface area (Å²) >= 11 is 0. The predicted molar refractivity (Wildman–Crippen MR) is 74.3 cm³/mol. The first-order valence-electron chi connectivity index (χ1n) is 6.18. The number of aromatic nitrogens is 1. The smallest absolute Gasteiger partial charge is 0.252 e. The van der Waals surface area contributed by atoms with Gasteiger partial charge in [-0.3, -0.25) is 9.59 Å². The van der Waals surface area contributed by atoms with Crippen LogP contribution in [0.2, 0.25) is 0 Å². The van der Waals surface area contributed by atoms with Crippen LogP contribution in [0.4, 0.5) is 0 Å². The van der Waals surface area contributed by atoms with Crippen molar-refractivity contribution in [1.82, 2.24) is 10.3 Å². The molecule has 1 amide bonds. The number of hydrogen-bond donors (Lipinski definition) is 2. The monoisotopic (exact) mass is 256 g/mol. The minimum atomic E-state index is -0.214. The molecule has 0 aliphatic rings. The van der Waals surface area contributed by atoms with Crippen molar-refractivity contribution in [3.63, 3.8) is 0 Å². The van der Waals surface area contributed by atoms with Gasteiger partial charge in [-0.2, -0.15) is 0 Å². The van der Waals surface area contributed by atoms with Crippen molar-refractivity contribution >= 4 is 5.91 Å². The third-order valence-corrected chi connectivity index (χ3v) is 2.98. The van der Waals surface area contributed by atoms with Gasteiger partial charge >= 0.3 is 0 Å². The molecule has 0 saturated carbocycles. The summed E-state index contributed by atoms with van der Waals surface area (Å²) in [5.74, 6) is 0.0620. The minimum absolute atomic E-state index is 0.181. The zero-order chi connectivity index (χ0) is 13.7. The largest absolute Gasteiger partial charge is 0.351 e. The standard InChI is InChI=1S/C15H16N2O2/c1-11(12-5-3-2-4-6-12)9-17-15(19)13-7-8-14(18)16-10-13/h2-8,10-11H,9H2,1H3,(H,16,18)(H,17,19). The first-order chi connectivity index (χ1) is 9.16. The fraction of sp³-hybridized carbons (Fsp3) is 0.200. The third kappa shape index (κ3) is 3.55. The molecule has 1 atom stereocenters. The molecule has 2 N–H and O–H groups in total. The zero-order valence-corrected chi connectivity index (χ0v) is 10.7. The van der Waals surface area contributed by atoms with Crippen LogP contribution in [-0.2, 0) is 0 Å². The maximum absolute atomic E-state index is 11.9. The van der Waals surface area contributed by atoms with Crippen LogP contribution in [0.25, 0.3) is 0 Å². The molecule has 2 aromatic rings. The van der Waals surface area contributed by atoms with Gasteiger partial charge in [-0.25, -0.2) is 0 Å². The summed E-state index contributed by atoms with van der Waals surface area (Å²) in [6, 6.07) is 12.9. The van der Waals surface area contributed by atoms with Crippen LogP contribution in [0.5, 0.6) is 0 Å². The van der Waals surface area contributed by atoms with E-state index in [2.05, 4.69) is 17.2 Å². The molecule has 0 fully saturated rings. The zero-order valence-electron chi connectivity index (χ0n) is 10.7. The van der Waals surface area contributed by atoms with Crippen molar-refractivity contribution in [3.8, 4) is 0 Å². The maximum atomic E-state index is 11.9. The van der Waals surface area contributed by atoms with Crippen LogP contribution in [0.3, 0.4) is 0 Å². The van der Waals surface area contributed by atoms with Gasteiger partial charge in [0, 0.05) is 18.8 Å². The Bertz CT molecular complexity index is 585. The van der Waals surface area contributed by atoms with Gasteiger partial charge in [-0.1, -0.05) is 37.3 Å². The lowest BCUT2D eigenvalue weighted by atomic mass is 10.0. The highest BCUT2D eigenvalue weighted by atomic mass is 16.1. The Morgan fingerprint density at radius 1 is 1.21 bits per heavy atom. The molecule has 0 bridgehead atoms. The Hall–Kier alpha value is -2.36. The van der Waals surface area contributed by atoms with E-state index in [9.17, 15) is 9.59 Å². The number of hydrogen-bond acceptors (Lipinski definition) is 2. The first kappa shape index (κ1) is 13.1. The van der Waals surface area contributed by atoms with E-state index >= 15 is 0 Å². The summed E-state index contributed by atoms with van der Waals surface area (Å²) in [5, 5.41) is 2.86. The molecule has 1 aromatic heterocycles. The molecule has 0 aliphatic carbocycles. The molecular formula is C15H16N2O2. The Morgan fingerprint density at radius 2 is 1.95 bits per heavy atom. The highest BCUT2D eigenvalue weighted by molar-refractivity contribution is 5.93. The van der Waals surface area contributed by atoms with Crippen LogP contribution in [0, 0.1) is 0 Å². The SMILES string of the molecule is CC(CNC(=O)c1ccc(=O)[nH]c1)c1ccccc1. The highest BCUT2D eigenvalue weighted by Crippen LogP contribution is 2.13. The lowest BCUT2D eigenvalue weighted by Gasteiger charge is -2.12. The van der Waals surface area contributed by atoms with Gasteiger partial charge in [0.05, 0.1) is 5.56 Å². The van der Waals surface area contributed by atoms with Crippen LogP contribution >= 0.6 is 0 Å². The van der Waals surface area contributed by atoms with Crippen molar-refractivity contribution in [2.45, 2.75) is 12.8 Å². The average Bonchev–Trinajstić information content (AvgIpc) is 2.46. The molecule has 2 rings (SSSR count). The summed E-state index contributed by atoms with van der Waals surface area (Å²) in [7, 11) is 0. The number of benzene rings is 1. The Balaban J connectivity index is 1.94. The Labute approximate surface area is 111 Å². The second-order valence-electron chi connectivity index (χ2n) is 4.46. The van der Waals surface area contributed by atoms with Gasteiger partial charge in [-0.05, 0) is 17.5 Å². The van der Waals surface area contributed by atoms with Crippen molar-refractivity contribution in [2.75, 3.05) is 6.54 Å². The van der Waals surface area contributed by atoms with Crippen LogP contribution in [0.1, 0.15) is 28.8 Å². The second kappa shape index (κ2) is 6.00. The molecule has 0 saturated heterocycles. The number of nitrogens with one attached hydrogen (secondary N) is 2. The molecule has 0 radical (unpaired) electrons. The molecule has 1 unspecified atom stereocenters. The Kier molecular flexibility index (Phi) is 4.13. The van der Waals surface area contributed by atoms with Crippen LogP contribution < -0.4 is 10.9 Å². The van der Waals surface area contributed by atoms with Gasteiger partial charge in [0.2, 0.25) is 5.56 Å². The summed E-state index contributed by atoms with van der Waals surface area (Å²) in [4.78, 5) is 25.3. The van der Waals surface area contributed by atoms with E-state index < -0.39 is 0 Å². The number of H-pyrrole nitrogens is 1. The quantitative estimate of drug-likeness (QED) is 0.877. The summed E-state index contributed by atoms with van der Waals surface area (Å²) in [5.41, 5.74) is 1.43. The molecule has 1 aromatic carbocycles. The number of aromatic amines is 1. The van der Waals surface area contributed by atoms with E-state index in [1.165, 1.54) is 23.9 Å². The predicted octanol–water partition coefficient (Wildman–Crippen LogP) is 1.91. The van der Waals surface area contributed by atoms with Gasteiger partial charge in [0.15, 0.2) is 0 Å². The molecule has 1 heterocycles. The molecule has 19 heavy (non-hydrogen) atoms. The van der Waals surface area contributed by atoms with E-state index in [1.807, 2.05) is 30.3 Å². The molecule has 98 valence electrons. The third-order valence-electron chi connectivity index (χ3n) is 2.98. The maximum Gasteiger partial charge on any atom is 0.252 e. The second-order valence-corrected chi connectivity index (χ2v) is 4.46. The number of amides is 1. The number of pyridine rings is 1. The van der Waals surface area contributed by atoms with E-state index in [0.29, 0.717) is 12.1 Å². The number of carbonyl (C=O) groups excluding carboxylic acids is 1. The molecule has 4 nitrogen and oxygen atoms in total. The minimum Gasteiger partial charge on any atom is -0.351 e. The first-order valence-corrected chi connectivity index (χ1v) is 6.18. The van der Waals surface area contributed by atoms with Crippen molar-refractivity contribution in [1.29, 1.82) is 0 Å². The van der Waals surface area contributed by atoms with Crippen molar-refractivity contribution < 1.29 is 4.79 Å². The van der Waals surface area contributed by atoms with E-state index in [0.717, 1.165) is 0 Å². The van der Waals surface area contributed by atoms with Gasteiger partial charge in [0.1, 0.15) is 0 Å². The van der Waals surface area contributed by atoms with E-state index in [1.54, 1.807) is 0 Å². The fourth-order valence-electron chi connectivity index (χ4n) is 1.80. The van der Waals surface area contributed by atoms with Crippen LogP contribution in [-0.4, -0.2) is 17.4 Å². The lowest BCUT2D eigenvalue weighted by molar-refractivity contribution is 0.0951. The van der Waals surface area contributed by atoms with Gasteiger partial charge in [0.25, 0.3) is 5.91 Å². The Morgan fingerprint density at radius 3 is 2.58 bits per heavy atom. The molecule has 4 heteroatoms. The van der Waals surface area contributed by atoms with Crippen molar-refractivity contribution in [2.24, 2.45) is 0 Å². The van der Waals surface area contributed by atoms with Crippen molar-refractivity contribution in [3.05, 3.63) is 70.1 Å². The normalized spacial score (nSPS) is 11.8. The topological polar surface area (TPSA) is 62.0 Å². The van der Waals surface area contributed by atoms with Gasteiger partial charge < -0.3 is 10.3 Å². The summed E-state index contributed by atoms with van der Waals surface area (Å²) in [6.45, 7) is 2.62. The molecule has 0 spiro atoms. The van der Waals surface area contributed by atoms with E-state index in [-0.39, 0.29) is 17.4 Å². The summed E-state index contributed by atoms with van der Waals surface area (Å²) in [6.07, 6.45) is 1.42. The number of rotatable bonds is 4. The van der Waals surface area contributed by atoms with E-state index in [4.69, 9.17) is 0 Å². The lowest BCUT2D eigenvalue weighted by Crippen LogP contribution is -2.28. The van der Waals surface area contributed by atoms with Crippen LogP contribution in [0.15, 0.2) is 53.5 Å².